The number of hydrogen-bond acceptors (Lipinski definition) is 5. The Balaban J connectivity index is 2.89. The lowest BCUT2D eigenvalue weighted by atomic mass is 9.99. The molecular weight excluding hydrogens is 310 g/mol. The Kier molecular flexibility index (Phi) is 7.82. The minimum atomic E-state index is -0.677. The summed E-state index contributed by atoms with van der Waals surface area (Å²) in [6.07, 6.45) is 3.71. The van der Waals surface area contributed by atoms with E-state index in [4.69, 9.17) is 14.2 Å². The zero-order valence-electron chi connectivity index (χ0n) is 14.8. The monoisotopic (exact) mass is 335 g/mol. The van der Waals surface area contributed by atoms with Gasteiger partial charge in [0, 0.05) is 11.6 Å². The molecule has 0 radical (unpaired) electrons. The van der Waals surface area contributed by atoms with Crippen LogP contribution in [0.5, 0.6) is 11.5 Å². The second kappa shape index (κ2) is 9.60. The predicted octanol–water partition coefficient (Wildman–Crippen LogP) is 2.42. The van der Waals surface area contributed by atoms with Crippen molar-refractivity contribution in [1.29, 1.82) is 0 Å². The molecule has 6 nitrogen and oxygen atoms in total. The minimum absolute atomic E-state index is 0.0267. The van der Waals surface area contributed by atoms with Gasteiger partial charge in [0.1, 0.15) is 17.5 Å². The second-order valence-corrected chi connectivity index (χ2v) is 5.34. The molecule has 0 spiro atoms. The fraction of sp³-hybridized carbons (Fsp3) is 0.444. The molecule has 24 heavy (non-hydrogen) atoms. The molecule has 0 aliphatic heterocycles. The van der Waals surface area contributed by atoms with Gasteiger partial charge in [-0.2, -0.15) is 0 Å². The lowest BCUT2D eigenvalue weighted by Crippen LogP contribution is -2.45. The van der Waals surface area contributed by atoms with Gasteiger partial charge in [-0.1, -0.05) is 20.3 Å². The highest BCUT2D eigenvalue weighted by atomic mass is 16.5. The van der Waals surface area contributed by atoms with Crippen LogP contribution in [0, 0.1) is 5.92 Å². The molecule has 0 aliphatic carbocycles. The normalized spacial score (nSPS) is 13.2. The topological polar surface area (TPSA) is 73.9 Å². The molecule has 2 atom stereocenters. The van der Waals surface area contributed by atoms with Crippen LogP contribution < -0.4 is 14.8 Å². The summed E-state index contributed by atoms with van der Waals surface area (Å²) in [6.45, 7) is 3.83. The van der Waals surface area contributed by atoms with Gasteiger partial charge in [-0.15, -0.1) is 0 Å². The third-order valence-corrected chi connectivity index (χ3v) is 3.82. The van der Waals surface area contributed by atoms with E-state index in [1.54, 1.807) is 38.5 Å². The van der Waals surface area contributed by atoms with Gasteiger partial charge in [0.2, 0.25) is 5.91 Å². The van der Waals surface area contributed by atoms with E-state index in [1.807, 2.05) is 13.8 Å². The molecule has 1 rings (SSSR count). The van der Waals surface area contributed by atoms with Crippen molar-refractivity contribution in [3.8, 4) is 11.5 Å². The number of nitrogens with one attached hydrogen (secondary N) is 1. The van der Waals surface area contributed by atoms with Crippen molar-refractivity contribution >= 4 is 18.0 Å². The van der Waals surface area contributed by atoms with Crippen LogP contribution in [0.3, 0.4) is 0 Å². The Morgan fingerprint density at radius 2 is 1.92 bits per heavy atom. The van der Waals surface area contributed by atoms with E-state index < -0.39 is 12.0 Å². The first-order valence-electron chi connectivity index (χ1n) is 7.75. The van der Waals surface area contributed by atoms with Crippen molar-refractivity contribution in [3.63, 3.8) is 0 Å². The quantitative estimate of drug-likeness (QED) is 0.583. The summed E-state index contributed by atoms with van der Waals surface area (Å²) in [5, 5.41) is 2.68. The van der Waals surface area contributed by atoms with Gasteiger partial charge < -0.3 is 19.5 Å². The Bertz CT molecular complexity index is 597. The maximum atomic E-state index is 12.1. The molecule has 0 heterocycles. The summed E-state index contributed by atoms with van der Waals surface area (Å²) < 4.78 is 15.2. The summed E-state index contributed by atoms with van der Waals surface area (Å²) in [5.41, 5.74) is 0.699. The van der Waals surface area contributed by atoms with Gasteiger partial charge in [-0.05, 0) is 30.2 Å². The molecule has 0 bridgehead atoms. The smallest absolute Gasteiger partial charge is 0.328 e. The molecule has 1 amide bonds. The Morgan fingerprint density at radius 1 is 1.21 bits per heavy atom. The molecule has 1 aromatic carbocycles. The number of carbonyl (C=O) groups is 2. The van der Waals surface area contributed by atoms with E-state index in [9.17, 15) is 9.59 Å². The molecule has 0 fully saturated rings. The number of hydrogen-bond donors (Lipinski definition) is 1. The van der Waals surface area contributed by atoms with Gasteiger partial charge in [-0.25, -0.2) is 4.79 Å². The number of methoxy groups -OCH3 is 3. The van der Waals surface area contributed by atoms with Gasteiger partial charge in [0.25, 0.3) is 0 Å². The first-order valence-corrected chi connectivity index (χ1v) is 7.75. The van der Waals surface area contributed by atoms with E-state index in [-0.39, 0.29) is 11.8 Å². The summed E-state index contributed by atoms with van der Waals surface area (Å²) in [6, 6.07) is 4.61. The highest BCUT2D eigenvalue weighted by molar-refractivity contribution is 5.95. The lowest BCUT2D eigenvalue weighted by molar-refractivity contribution is -0.146. The molecule has 0 saturated carbocycles. The van der Waals surface area contributed by atoms with Crippen molar-refractivity contribution in [3.05, 3.63) is 29.8 Å². The maximum absolute atomic E-state index is 12.1. The molecular formula is C18H25NO5. The zero-order chi connectivity index (χ0) is 18.1. The number of rotatable bonds is 8. The number of carbonyl (C=O) groups excluding carboxylic acids is 2. The predicted molar refractivity (Wildman–Crippen MR) is 92.0 cm³/mol. The molecule has 0 unspecified atom stereocenters. The second-order valence-electron chi connectivity index (χ2n) is 5.34. The third kappa shape index (κ3) is 5.30. The summed E-state index contributed by atoms with van der Waals surface area (Å²) in [4.78, 5) is 24.0. The van der Waals surface area contributed by atoms with Crippen LogP contribution in [-0.2, 0) is 14.3 Å². The summed E-state index contributed by atoms with van der Waals surface area (Å²) in [5.74, 6) is 0.413. The average Bonchev–Trinajstić information content (AvgIpc) is 2.62. The maximum Gasteiger partial charge on any atom is 0.328 e. The Hall–Kier alpha value is -2.50. The summed E-state index contributed by atoms with van der Waals surface area (Å²) in [7, 11) is 4.42. The summed E-state index contributed by atoms with van der Waals surface area (Å²) >= 11 is 0. The van der Waals surface area contributed by atoms with Crippen LogP contribution in [-0.4, -0.2) is 39.2 Å². The lowest BCUT2D eigenvalue weighted by Gasteiger charge is -2.21. The van der Waals surface area contributed by atoms with Gasteiger partial charge in [-0.3, -0.25) is 4.79 Å². The van der Waals surface area contributed by atoms with E-state index in [0.29, 0.717) is 17.1 Å². The molecule has 0 saturated heterocycles. The molecule has 132 valence electrons. The van der Waals surface area contributed by atoms with Crippen LogP contribution in [0.1, 0.15) is 25.8 Å². The van der Waals surface area contributed by atoms with Crippen LogP contribution in [0.4, 0.5) is 0 Å². The van der Waals surface area contributed by atoms with Crippen LogP contribution in [0.2, 0.25) is 0 Å². The first-order chi connectivity index (χ1) is 11.5. The highest BCUT2D eigenvalue weighted by Gasteiger charge is 2.25. The van der Waals surface area contributed by atoms with E-state index in [2.05, 4.69) is 5.32 Å². The fourth-order valence-electron chi connectivity index (χ4n) is 2.13. The van der Waals surface area contributed by atoms with E-state index in [1.165, 1.54) is 13.2 Å². The largest absolute Gasteiger partial charge is 0.497 e. The number of esters is 1. The standard InChI is InChI=1S/C18H25NO5/c1-6-12(2)17(18(21)24-5)19-16(20)10-7-13-11-14(22-3)8-9-15(13)23-4/h7-12,17H,6H2,1-5H3,(H,19,20)/b10-7+/t12-,17+/m0/s1. The number of benzene rings is 1. The Labute approximate surface area is 142 Å². The van der Waals surface area contributed by atoms with Crippen LogP contribution in [0.15, 0.2) is 24.3 Å². The Morgan fingerprint density at radius 3 is 2.46 bits per heavy atom. The SMILES string of the molecule is CC[C@H](C)[C@@H](NC(=O)/C=C/c1cc(OC)ccc1OC)C(=O)OC. The first kappa shape index (κ1) is 19.5. The molecule has 1 aromatic rings. The van der Waals surface area contributed by atoms with Crippen molar-refractivity contribution < 1.29 is 23.8 Å². The minimum Gasteiger partial charge on any atom is -0.497 e. The highest BCUT2D eigenvalue weighted by Crippen LogP contribution is 2.25. The zero-order valence-corrected chi connectivity index (χ0v) is 14.8. The van der Waals surface area contributed by atoms with Crippen LogP contribution >= 0.6 is 0 Å². The number of amides is 1. The fourth-order valence-corrected chi connectivity index (χ4v) is 2.13. The third-order valence-electron chi connectivity index (χ3n) is 3.82. The van der Waals surface area contributed by atoms with E-state index in [0.717, 1.165) is 6.42 Å². The van der Waals surface area contributed by atoms with Crippen LogP contribution in [0.25, 0.3) is 6.08 Å². The molecule has 1 N–H and O–H groups in total. The van der Waals surface area contributed by atoms with Crippen molar-refractivity contribution in [2.75, 3.05) is 21.3 Å². The van der Waals surface area contributed by atoms with Gasteiger partial charge >= 0.3 is 5.97 Å². The van der Waals surface area contributed by atoms with Gasteiger partial charge in [0.15, 0.2) is 0 Å². The van der Waals surface area contributed by atoms with Crippen molar-refractivity contribution in [1.82, 2.24) is 5.32 Å². The van der Waals surface area contributed by atoms with Crippen molar-refractivity contribution in [2.45, 2.75) is 26.3 Å². The molecule has 0 aliphatic rings. The van der Waals surface area contributed by atoms with E-state index >= 15 is 0 Å². The molecule has 6 heteroatoms. The number of ether oxygens (including phenoxy) is 3. The molecule has 0 aromatic heterocycles. The van der Waals surface area contributed by atoms with Gasteiger partial charge in [0.05, 0.1) is 21.3 Å². The van der Waals surface area contributed by atoms with Crippen molar-refractivity contribution in [2.24, 2.45) is 5.92 Å². The average molecular weight is 335 g/mol.